The van der Waals surface area contributed by atoms with Gasteiger partial charge in [-0.1, -0.05) is 0 Å². The molecule has 0 amide bonds. The van der Waals surface area contributed by atoms with Crippen LogP contribution in [0.1, 0.15) is 39.0 Å². The summed E-state index contributed by atoms with van der Waals surface area (Å²) in [4.78, 5) is 12.0. The molecule has 0 bridgehead atoms. The van der Waals surface area contributed by atoms with E-state index < -0.39 is 5.54 Å². The van der Waals surface area contributed by atoms with Gasteiger partial charge in [-0.05, 0) is 46.1 Å². The predicted molar refractivity (Wildman–Crippen MR) is 77.5 cm³/mol. The number of carbonyl (C=O) groups is 1. The molecule has 1 saturated heterocycles. The smallest absolute Gasteiger partial charge is 0.326 e. The second-order valence-electron chi connectivity index (χ2n) is 5.58. The second-order valence-corrected chi connectivity index (χ2v) is 7.13. The van der Waals surface area contributed by atoms with Crippen LogP contribution in [0.15, 0.2) is 0 Å². The number of hydrogen-bond donors (Lipinski definition) is 1. The first-order valence-electron chi connectivity index (χ1n) is 7.15. The number of likely N-dealkylation sites (N-methyl/N-ethyl adjacent to an activating group) is 1. The van der Waals surface area contributed by atoms with Crippen LogP contribution in [-0.4, -0.2) is 48.9 Å². The highest BCUT2D eigenvalue weighted by molar-refractivity contribution is 8.00. The molecule has 110 valence electrons. The topological polar surface area (TPSA) is 47.6 Å². The van der Waals surface area contributed by atoms with Crippen molar-refractivity contribution in [3.63, 3.8) is 0 Å². The first-order valence-corrected chi connectivity index (χ1v) is 8.10. The Morgan fingerprint density at radius 1 is 1.47 bits per heavy atom. The molecule has 1 aliphatic carbocycles. The average molecular weight is 287 g/mol. The van der Waals surface area contributed by atoms with Crippen LogP contribution in [0.4, 0.5) is 0 Å². The van der Waals surface area contributed by atoms with E-state index in [-0.39, 0.29) is 5.97 Å². The highest BCUT2D eigenvalue weighted by atomic mass is 32.2. The van der Waals surface area contributed by atoms with Gasteiger partial charge in [-0.2, -0.15) is 11.8 Å². The Kier molecular flexibility index (Phi) is 5.15. The molecular formula is C14H25NO3S. The Morgan fingerprint density at radius 2 is 2.26 bits per heavy atom. The van der Waals surface area contributed by atoms with E-state index in [1.165, 1.54) is 13.5 Å². The number of rotatable bonds is 4. The zero-order valence-electron chi connectivity index (χ0n) is 12.1. The molecule has 1 saturated carbocycles. The molecule has 4 unspecified atom stereocenters. The first-order chi connectivity index (χ1) is 9.11. The van der Waals surface area contributed by atoms with E-state index >= 15 is 0 Å². The summed E-state index contributed by atoms with van der Waals surface area (Å²) in [5, 5.41) is 4.32. The molecular weight excluding hydrogens is 262 g/mol. The minimum absolute atomic E-state index is 0.115. The Hall–Kier alpha value is -0.260. The van der Waals surface area contributed by atoms with E-state index in [9.17, 15) is 4.79 Å². The molecule has 2 aliphatic rings. The van der Waals surface area contributed by atoms with Gasteiger partial charge in [0, 0.05) is 17.1 Å². The summed E-state index contributed by atoms with van der Waals surface area (Å²) in [7, 11) is 3.34. The summed E-state index contributed by atoms with van der Waals surface area (Å²) in [6, 6.07) is 0. The molecule has 1 heterocycles. The summed E-state index contributed by atoms with van der Waals surface area (Å²) in [6.07, 6.45) is 5.49. The maximum atomic E-state index is 12.0. The Morgan fingerprint density at radius 3 is 2.84 bits per heavy atom. The molecule has 2 rings (SSSR count). The van der Waals surface area contributed by atoms with Crippen molar-refractivity contribution < 1.29 is 14.3 Å². The van der Waals surface area contributed by atoms with E-state index in [0.717, 1.165) is 32.3 Å². The molecule has 4 nitrogen and oxygen atoms in total. The van der Waals surface area contributed by atoms with Gasteiger partial charge in [-0.3, -0.25) is 4.79 Å². The largest absolute Gasteiger partial charge is 0.468 e. The monoisotopic (exact) mass is 287 g/mol. The van der Waals surface area contributed by atoms with E-state index in [4.69, 9.17) is 9.47 Å². The van der Waals surface area contributed by atoms with E-state index in [1.807, 2.05) is 18.8 Å². The molecule has 1 aliphatic heterocycles. The molecule has 19 heavy (non-hydrogen) atoms. The summed E-state index contributed by atoms with van der Waals surface area (Å²) in [5.74, 6) is -0.115. The van der Waals surface area contributed by atoms with Crippen LogP contribution in [0.2, 0.25) is 0 Å². The predicted octanol–water partition coefficient (Wildman–Crippen LogP) is 1.97. The second kappa shape index (κ2) is 6.46. The van der Waals surface area contributed by atoms with Crippen molar-refractivity contribution in [1.29, 1.82) is 0 Å². The lowest BCUT2D eigenvalue weighted by atomic mass is 9.81. The summed E-state index contributed by atoms with van der Waals surface area (Å²) < 4.78 is 10.6. The fourth-order valence-corrected chi connectivity index (χ4v) is 4.90. The molecule has 2 fully saturated rings. The van der Waals surface area contributed by atoms with Gasteiger partial charge in [0.15, 0.2) is 0 Å². The lowest BCUT2D eigenvalue weighted by Crippen LogP contribution is -2.54. The standard InChI is InChI=1S/C14H25NO3S/c1-10-12(6-8-18-10)19-11-5-4-7-14(9-11,15-2)13(16)17-3/h10-12,15H,4-9H2,1-3H3. The zero-order valence-corrected chi connectivity index (χ0v) is 12.9. The maximum Gasteiger partial charge on any atom is 0.326 e. The van der Waals surface area contributed by atoms with Crippen LogP contribution in [-0.2, 0) is 14.3 Å². The number of esters is 1. The van der Waals surface area contributed by atoms with Crippen molar-refractivity contribution in [3.8, 4) is 0 Å². The van der Waals surface area contributed by atoms with Gasteiger partial charge in [0.25, 0.3) is 0 Å². The third-order valence-corrected chi connectivity index (χ3v) is 6.19. The number of hydrogen-bond acceptors (Lipinski definition) is 5. The molecule has 0 aromatic carbocycles. The molecule has 0 aromatic rings. The van der Waals surface area contributed by atoms with Crippen molar-refractivity contribution >= 4 is 17.7 Å². The van der Waals surface area contributed by atoms with Gasteiger partial charge >= 0.3 is 5.97 Å². The number of methoxy groups -OCH3 is 1. The quantitative estimate of drug-likeness (QED) is 0.801. The fraction of sp³-hybridized carbons (Fsp3) is 0.929. The van der Waals surface area contributed by atoms with Gasteiger partial charge < -0.3 is 14.8 Å². The Balaban J connectivity index is 1.97. The van der Waals surface area contributed by atoms with Crippen molar-refractivity contribution in [3.05, 3.63) is 0 Å². The van der Waals surface area contributed by atoms with Crippen molar-refractivity contribution in [1.82, 2.24) is 5.32 Å². The highest BCUT2D eigenvalue weighted by Gasteiger charge is 2.43. The van der Waals surface area contributed by atoms with E-state index in [1.54, 1.807) is 0 Å². The third-order valence-electron chi connectivity index (χ3n) is 4.43. The lowest BCUT2D eigenvalue weighted by molar-refractivity contribution is -0.149. The van der Waals surface area contributed by atoms with Crippen molar-refractivity contribution in [2.24, 2.45) is 0 Å². The first kappa shape index (κ1) is 15.1. The Labute approximate surface area is 120 Å². The number of carbonyl (C=O) groups excluding carboxylic acids is 1. The molecule has 5 heteroatoms. The van der Waals surface area contributed by atoms with E-state index in [0.29, 0.717) is 16.6 Å². The van der Waals surface area contributed by atoms with Gasteiger partial charge in [0.1, 0.15) is 5.54 Å². The van der Waals surface area contributed by atoms with Crippen molar-refractivity contribution in [2.45, 2.75) is 61.2 Å². The molecule has 0 aromatic heterocycles. The minimum atomic E-state index is -0.479. The number of thioether (sulfide) groups is 1. The summed E-state index contributed by atoms with van der Waals surface area (Å²) in [5.41, 5.74) is -0.479. The van der Waals surface area contributed by atoms with Crippen molar-refractivity contribution in [2.75, 3.05) is 20.8 Å². The van der Waals surface area contributed by atoms with Gasteiger partial charge in [0.2, 0.25) is 0 Å². The minimum Gasteiger partial charge on any atom is -0.468 e. The van der Waals surface area contributed by atoms with Gasteiger partial charge in [0.05, 0.1) is 13.2 Å². The van der Waals surface area contributed by atoms with E-state index in [2.05, 4.69) is 12.2 Å². The van der Waals surface area contributed by atoms with Crippen LogP contribution in [0.25, 0.3) is 0 Å². The fourth-order valence-electron chi connectivity index (χ4n) is 3.19. The average Bonchev–Trinajstić information content (AvgIpc) is 2.83. The third kappa shape index (κ3) is 3.26. The highest BCUT2D eigenvalue weighted by Crippen LogP contribution is 2.40. The number of nitrogens with one attached hydrogen (secondary N) is 1. The summed E-state index contributed by atoms with van der Waals surface area (Å²) in [6.45, 7) is 3.03. The SMILES string of the molecule is CNC1(C(=O)OC)CCCC(SC2CCOC2C)C1. The van der Waals surface area contributed by atoms with Crippen LogP contribution >= 0.6 is 11.8 Å². The maximum absolute atomic E-state index is 12.0. The van der Waals surface area contributed by atoms with Crippen LogP contribution in [0.3, 0.4) is 0 Å². The molecule has 1 N–H and O–H groups in total. The zero-order chi connectivity index (χ0) is 13.9. The lowest BCUT2D eigenvalue weighted by Gasteiger charge is -2.39. The molecule has 0 radical (unpaired) electrons. The normalized spacial score (nSPS) is 39.2. The van der Waals surface area contributed by atoms with Crippen LogP contribution in [0, 0.1) is 0 Å². The van der Waals surface area contributed by atoms with Crippen LogP contribution in [0.5, 0.6) is 0 Å². The molecule has 4 atom stereocenters. The number of ether oxygens (including phenoxy) is 2. The molecule has 0 spiro atoms. The van der Waals surface area contributed by atoms with Gasteiger partial charge in [-0.25, -0.2) is 0 Å². The Bertz CT molecular complexity index is 326. The van der Waals surface area contributed by atoms with Crippen LogP contribution < -0.4 is 5.32 Å². The summed E-state index contributed by atoms with van der Waals surface area (Å²) >= 11 is 2.01. The van der Waals surface area contributed by atoms with Gasteiger partial charge in [-0.15, -0.1) is 0 Å².